The number of nitrogens with one attached hydrogen (secondary N) is 1. The van der Waals surface area contributed by atoms with E-state index in [2.05, 4.69) is 15.2 Å². The minimum atomic E-state index is -0.366. The van der Waals surface area contributed by atoms with E-state index in [4.69, 9.17) is 4.74 Å². The fourth-order valence-corrected chi connectivity index (χ4v) is 0.970. The maximum absolute atomic E-state index is 11.2. The van der Waals surface area contributed by atoms with Crippen LogP contribution in [0.2, 0.25) is 0 Å². The Morgan fingerprint density at radius 3 is 2.86 bits per heavy atom. The van der Waals surface area contributed by atoms with Crippen LogP contribution in [0.1, 0.15) is 18.6 Å². The molecule has 1 N–H and O–H groups in total. The van der Waals surface area contributed by atoms with Gasteiger partial charge in [-0.2, -0.15) is 5.10 Å². The van der Waals surface area contributed by atoms with Gasteiger partial charge in [-0.1, -0.05) is 0 Å². The zero-order chi connectivity index (χ0) is 10.6. The summed E-state index contributed by atoms with van der Waals surface area (Å²) in [6, 6.07) is 0. The fourth-order valence-electron chi connectivity index (χ4n) is 0.970. The number of H-pyrrole nitrogens is 1. The molecule has 78 valence electrons. The summed E-state index contributed by atoms with van der Waals surface area (Å²) in [6.07, 6.45) is -0.366. The van der Waals surface area contributed by atoms with E-state index < -0.39 is 0 Å². The number of nitrogens with zero attached hydrogens (tertiary/aromatic N) is 3. The second-order valence-electron chi connectivity index (χ2n) is 2.89. The standard InChI is InChI=1S/C8H14N4O2/c1-4-14-8(13)12(3)5-7-9-6(2)10-11-7/h4-5H2,1-3H3,(H,9,10,11). The Balaban J connectivity index is 2.48. The minimum Gasteiger partial charge on any atom is -0.450 e. The van der Waals surface area contributed by atoms with Crippen LogP contribution in [0.4, 0.5) is 4.79 Å². The monoisotopic (exact) mass is 198 g/mol. The Labute approximate surface area is 82.3 Å². The zero-order valence-electron chi connectivity index (χ0n) is 8.57. The average molecular weight is 198 g/mol. The molecule has 0 atom stereocenters. The third kappa shape index (κ3) is 2.72. The molecule has 1 heterocycles. The lowest BCUT2D eigenvalue weighted by Crippen LogP contribution is -2.27. The molecular weight excluding hydrogens is 184 g/mol. The minimum absolute atomic E-state index is 0.350. The van der Waals surface area contributed by atoms with Gasteiger partial charge in [0.15, 0.2) is 5.82 Å². The molecule has 0 unspecified atom stereocenters. The van der Waals surface area contributed by atoms with Crippen molar-refractivity contribution in [3.05, 3.63) is 11.6 Å². The highest BCUT2D eigenvalue weighted by molar-refractivity contribution is 5.66. The van der Waals surface area contributed by atoms with Gasteiger partial charge in [0.1, 0.15) is 5.82 Å². The second kappa shape index (κ2) is 4.59. The summed E-state index contributed by atoms with van der Waals surface area (Å²) in [5.41, 5.74) is 0. The van der Waals surface area contributed by atoms with Crippen LogP contribution in [0, 0.1) is 6.92 Å². The van der Waals surface area contributed by atoms with Crippen LogP contribution in [0.3, 0.4) is 0 Å². The van der Waals surface area contributed by atoms with E-state index in [9.17, 15) is 4.79 Å². The number of aromatic nitrogens is 3. The molecule has 1 amide bonds. The van der Waals surface area contributed by atoms with Crippen LogP contribution in [-0.2, 0) is 11.3 Å². The van der Waals surface area contributed by atoms with E-state index in [0.717, 1.165) is 5.82 Å². The number of aryl methyl sites for hydroxylation is 1. The number of aromatic amines is 1. The van der Waals surface area contributed by atoms with E-state index in [1.807, 2.05) is 0 Å². The lowest BCUT2D eigenvalue weighted by molar-refractivity contribution is 0.113. The Bertz CT molecular complexity index is 310. The van der Waals surface area contributed by atoms with Gasteiger partial charge < -0.3 is 9.64 Å². The van der Waals surface area contributed by atoms with Crippen molar-refractivity contribution in [3.8, 4) is 0 Å². The molecule has 0 radical (unpaired) electrons. The molecule has 0 spiro atoms. The quantitative estimate of drug-likeness (QED) is 0.776. The van der Waals surface area contributed by atoms with Crippen molar-refractivity contribution in [1.82, 2.24) is 20.1 Å². The average Bonchev–Trinajstić information content (AvgIpc) is 2.51. The van der Waals surface area contributed by atoms with Crippen molar-refractivity contribution in [1.29, 1.82) is 0 Å². The van der Waals surface area contributed by atoms with Gasteiger partial charge in [-0.3, -0.25) is 5.10 Å². The number of hydrogen-bond donors (Lipinski definition) is 1. The van der Waals surface area contributed by atoms with Crippen LogP contribution in [0.5, 0.6) is 0 Å². The molecule has 6 nitrogen and oxygen atoms in total. The molecule has 0 saturated carbocycles. The third-order valence-corrected chi connectivity index (χ3v) is 1.60. The zero-order valence-corrected chi connectivity index (χ0v) is 8.57. The molecule has 0 fully saturated rings. The normalized spacial score (nSPS) is 9.93. The first-order chi connectivity index (χ1) is 6.63. The highest BCUT2D eigenvalue weighted by Crippen LogP contribution is 1.98. The van der Waals surface area contributed by atoms with E-state index in [-0.39, 0.29) is 6.09 Å². The molecule has 0 aromatic carbocycles. The molecular formula is C8H14N4O2. The number of hydrogen-bond acceptors (Lipinski definition) is 4. The summed E-state index contributed by atoms with van der Waals surface area (Å²) < 4.78 is 4.80. The van der Waals surface area contributed by atoms with Crippen molar-refractivity contribution in [2.45, 2.75) is 20.4 Å². The fraction of sp³-hybridized carbons (Fsp3) is 0.625. The molecule has 1 aromatic rings. The SMILES string of the molecule is CCOC(=O)N(C)Cc1n[nH]c(C)n1. The summed E-state index contributed by atoms with van der Waals surface area (Å²) in [5, 5.41) is 6.62. The van der Waals surface area contributed by atoms with Gasteiger partial charge in [0.05, 0.1) is 13.2 Å². The predicted octanol–water partition coefficient (Wildman–Crippen LogP) is 0.701. The predicted molar refractivity (Wildman–Crippen MR) is 49.6 cm³/mol. The van der Waals surface area contributed by atoms with Crippen molar-refractivity contribution >= 4 is 6.09 Å². The van der Waals surface area contributed by atoms with Crippen molar-refractivity contribution in [2.24, 2.45) is 0 Å². The van der Waals surface area contributed by atoms with Crippen molar-refractivity contribution in [2.75, 3.05) is 13.7 Å². The second-order valence-corrected chi connectivity index (χ2v) is 2.89. The molecule has 0 aliphatic heterocycles. The molecule has 14 heavy (non-hydrogen) atoms. The summed E-state index contributed by atoms with van der Waals surface area (Å²) in [4.78, 5) is 16.7. The van der Waals surface area contributed by atoms with E-state index in [1.165, 1.54) is 4.90 Å². The molecule has 0 aliphatic carbocycles. The summed E-state index contributed by atoms with van der Waals surface area (Å²) in [5.74, 6) is 1.32. The lowest BCUT2D eigenvalue weighted by Gasteiger charge is -2.13. The van der Waals surface area contributed by atoms with Crippen LogP contribution < -0.4 is 0 Å². The van der Waals surface area contributed by atoms with Crippen LogP contribution in [0.25, 0.3) is 0 Å². The molecule has 0 aliphatic rings. The Morgan fingerprint density at radius 1 is 1.64 bits per heavy atom. The largest absolute Gasteiger partial charge is 0.450 e. The van der Waals surface area contributed by atoms with Gasteiger partial charge in [-0.25, -0.2) is 9.78 Å². The summed E-state index contributed by atoms with van der Waals surface area (Å²) in [7, 11) is 1.64. The lowest BCUT2D eigenvalue weighted by atomic mass is 10.5. The molecule has 6 heteroatoms. The molecule has 0 saturated heterocycles. The van der Waals surface area contributed by atoms with Crippen molar-refractivity contribution < 1.29 is 9.53 Å². The number of carbonyl (C=O) groups is 1. The first-order valence-electron chi connectivity index (χ1n) is 4.39. The Kier molecular flexibility index (Phi) is 3.44. The van der Waals surface area contributed by atoms with Crippen LogP contribution in [-0.4, -0.2) is 39.8 Å². The smallest absolute Gasteiger partial charge is 0.409 e. The first kappa shape index (κ1) is 10.5. The number of ether oxygens (including phenoxy) is 1. The number of amides is 1. The molecule has 0 bridgehead atoms. The van der Waals surface area contributed by atoms with Gasteiger partial charge in [-0.05, 0) is 13.8 Å². The van der Waals surface area contributed by atoms with E-state index in [0.29, 0.717) is 19.0 Å². The van der Waals surface area contributed by atoms with Gasteiger partial charge in [0, 0.05) is 7.05 Å². The van der Waals surface area contributed by atoms with Crippen LogP contribution in [0.15, 0.2) is 0 Å². The highest BCUT2D eigenvalue weighted by Gasteiger charge is 2.11. The van der Waals surface area contributed by atoms with Crippen LogP contribution >= 0.6 is 0 Å². The molecule has 1 aromatic heterocycles. The van der Waals surface area contributed by atoms with Gasteiger partial charge in [0.2, 0.25) is 0 Å². The number of rotatable bonds is 3. The number of carbonyl (C=O) groups excluding carboxylic acids is 1. The van der Waals surface area contributed by atoms with Crippen molar-refractivity contribution in [3.63, 3.8) is 0 Å². The summed E-state index contributed by atoms with van der Waals surface area (Å²) in [6.45, 7) is 4.29. The topological polar surface area (TPSA) is 71.1 Å². The Hall–Kier alpha value is -1.59. The molecule has 1 rings (SSSR count). The summed E-state index contributed by atoms with van der Waals surface area (Å²) >= 11 is 0. The van der Waals surface area contributed by atoms with Gasteiger partial charge in [0.25, 0.3) is 0 Å². The van der Waals surface area contributed by atoms with E-state index in [1.54, 1.807) is 20.9 Å². The Morgan fingerprint density at radius 2 is 2.36 bits per heavy atom. The van der Waals surface area contributed by atoms with E-state index >= 15 is 0 Å². The maximum Gasteiger partial charge on any atom is 0.409 e. The first-order valence-corrected chi connectivity index (χ1v) is 4.39. The maximum atomic E-state index is 11.2. The highest BCUT2D eigenvalue weighted by atomic mass is 16.5. The third-order valence-electron chi connectivity index (χ3n) is 1.60. The van der Waals surface area contributed by atoms with Gasteiger partial charge >= 0.3 is 6.09 Å². The van der Waals surface area contributed by atoms with Gasteiger partial charge in [-0.15, -0.1) is 0 Å².